The summed E-state index contributed by atoms with van der Waals surface area (Å²) in [5.41, 5.74) is 3.96. The smallest absolute Gasteiger partial charge is 0.141 e. The summed E-state index contributed by atoms with van der Waals surface area (Å²) >= 11 is 12.6. The predicted molar refractivity (Wildman–Crippen MR) is 161 cm³/mol. The number of hydrogen-bond acceptors (Lipinski definition) is 8. The van der Waals surface area contributed by atoms with Crippen LogP contribution in [0.15, 0.2) is 73.1 Å². The number of pyridine rings is 1. The maximum absolute atomic E-state index is 13.8. The zero-order valence-electron chi connectivity index (χ0n) is 22.1. The fraction of sp³-hybridized carbons (Fsp3) is 0.200. The fourth-order valence-corrected chi connectivity index (χ4v) is 5.56. The highest BCUT2D eigenvalue weighted by Gasteiger charge is 2.27. The summed E-state index contributed by atoms with van der Waals surface area (Å²) in [4.78, 5) is 4.61. The monoisotopic (exact) mass is 602 g/mol. The van der Waals surface area contributed by atoms with Crippen LogP contribution >= 0.6 is 23.2 Å². The third-order valence-corrected chi connectivity index (χ3v) is 7.76. The average molecular weight is 603 g/mol. The summed E-state index contributed by atoms with van der Waals surface area (Å²) in [7, 11) is 0. The van der Waals surface area contributed by atoms with Crippen molar-refractivity contribution >= 4 is 51.2 Å². The van der Waals surface area contributed by atoms with Gasteiger partial charge in [0.1, 0.15) is 17.6 Å². The molecule has 4 N–H and O–H groups in total. The zero-order chi connectivity index (χ0) is 29.2. The molecule has 1 aliphatic heterocycles. The van der Waals surface area contributed by atoms with E-state index in [1.165, 1.54) is 24.4 Å². The van der Waals surface area contributed by atoms with Crippen LogP contribution in [0.2, 0.25) is 10.0 Å². The summed E-state index contributed by atoms with van der Waals surface area (Å²) in [6.45, 7) is 1.27. The molecule has 3 aromatic carbocycles. The van der Waals surface area contributed by atoms with Gasteiger partial charge in [0.25, 0.3) is 0 Å². The largest absolute Gasteiger partial charge is 0.390 e. The van der Waals surface area contributed by atoms with Gasteiger partial charge < -0.3 is 21.1 Å². The van der Waals surface area contributed by atoms with Gasteiger partial charge in [-0.2, -0.15) is 5.26 Å². The molecule has 3 atom stereocenters. The predicted octanol–water partition coefficient (Wildman–Crippen LogP) is 5.98. The van der Waals surface area contributed by atoms with Crippen LogP contribution in [0.4, 0.5) is 21.5 Å². The summed E-state index contributed by atoms with van der Waals surface area (Å²) in [6, 6.07) is 19.0. The van der Waals surface area contributed by atoms with Crippen molar-refractivity contribution in [3.05, 3.63) is 106 Å². The van der Waals surface area contributed by atoms with E-state index in [2.05, 4.69) is 37.3 Å². The molecule has 3 heterocycles. The number of nitrogens with zero attached hydrogens (tertiary/aromatic N) is 5. The van der Waals surface area contributed by atoms with Crippen LogP contribution in [0.5, 0.6) is 0 Å². The van der Waals surface area contributed by atoms with Crippen molar-refractivity contribution in [3.8, 4) is 6.07 Å². The lowest BCUT2D eigenvalue weighted by Gasteiger charge is -2.28. The van der Waals surface area contributed by atoms with Gasteiger partial charge in [-0.1, -0.05) is 58.7 Å². The number of aliphatic hydroxyl groups is 1. The van der Waals surface area contributed by atoms with Gasteiger partial charge >= 0.3 is 0 Å². The van der Waals surface area contributed by atoms with E-state index < -0.39 is 18.0 Å². The molecule has 0 saturated carbocycles. The molecule has 9 nitrogen and oxygen atoms in total. The lowest BCUT2D eigenvalue weighted by molar-refractivity contribution is 0.0800. The Labute approximate surface area is 250 Å². The number of nitriles is 1. The van der Waals surface area contributed by atoms with Gasteiger partial charge in [0, 0.05) is 28.8 Å². The van der Waals surface area contributed by atoms with Crippen molar-refractivity contribution in [1.29, 1.82) is 5.26 Å². The highest BCUT2D eigenvalue weighted by molar-refractivity contribution is 6.32. The first-order chi connectivity index (χ1) is 20.4. The molecule has 1 aliphatic rings. The summed E-state index contributed by atoms with van der Waals surface area (Å²) in [6.07, 6.45) is 3.48. The third kappa shape index (κ3) is 5.60. The molecule has 1 fully saturated rings. The molecule has 1 saturated heterocycles. The molecule has 0 bridgehead atoms. The van der Waals surface area contributed by atoms with E-state index in [-0.39, 0.29) is 16.6 Å². The lowest BCUT2D eigenvalue weighted by atomic mass is 10.0. The van der Waals surface area contributed by atoms with Crippen LogP contribution in [-0.4, -0.2) is 44.3 Å². The van der Waals surface area contributed by atoms with Gasteiger partial charge in [-0.3, -0.25) is 4.98 Å². The normalized spacial score (nSPS) is 17.5. The van der Waals surface area contributed by atoms with E-state index >= 15 is 0 Å². The maximum atomic E-state index is 13.8. The van der Waals surface area contributed by atoms with Crippen molar-refractivity contribution in [2.75, 3.05) is 23.7 Å². The standard InChI is InChI=1S/C30H25Cl2FN8O/c31-19-10-21-28(37-20-6-7-23(33)22(32)12-20)18(13-34)14-36-30(21)24(11-19)38-29(17-4-2-1-3-5-17)25-16-41(40-39-25)26-8-9-35-15-27(26)42/h1-7,10-12,14,16,26-27,29,35,38,42H,8-9,15H2,(H,36,37)/t26-,27-,29+/m1/s1. The first kappa shape index (κ1) is 27.9. The summed E-state index contributed by atoms with van der Waals surface area (Å²) in [5, 5.41) is 40.1. The van der Waals surface area contributed by atoms with Crippen LogP contribution in [0, 0.1) is 17.1 Å². The Morgan fingerprint density at radius 1 is 1.14 bits per heavy atom. The molecule has 0 spiro atoms. The summed E-state index contributed by atoms with van der Waals surface area (Å²) in [5.74, 6) is -0.546. The minimum Gasteiger partial charge on any atom is -0.390 e. The molecule has 0 radical (unpaired) electrons. The van der Waals surface area contributed by atoms with Gasteiger partial charge in [0.2, 0.25) is 0 Å². The van der Waals surface area contributed by atoms with Crippen molar-refractivity contribution in [2.45, 2.75) is 24.6 Å². The first-order valence-corrected chi connectivity index (χ1v) is 14.0. The second kappa shape index (κ2) is 11.9. The molecule has 0 unspecified atom stereocenters. The van der Waals surface area contributed by atoms with Gasteiger partial charge in [-0.05, 0) is 48.9 Å². The highest BCUT2D eigenvalue weighted by Crippen LogP contribution is 2.38. The lowest BCUT2D eigenvalue weighted by Crippen LogP contribution is -2.41. The second-order valence-electron chi connectivity index (χ2n) is 10.0. The third-order valence-electron chi connectivity index (χ3n) is 7.26. The van der Waals surface area contributed by atoms with Crippen LogP contribution in [0.1, 0.15) is 35.3 Å². The molecule has 0 amide bonds. The number of halogens is 3. The zero-order valence-corrected chi connectivity index (χ0v) is 23.6. The number of benzene rings is 3. The van der Waals surface area contributed by atoms with Gasteiger partial charge in [-0.15, -0.1) is 5.10 Å². The Bertz CT molecular complexity index is 1790. The quantitative estimate of drug-likeness (QED) is 0.179. The van der Waals surface area contributed by atoms with Crippen molar-refractivity contribution < 1.29 is 9.50 Å². The molecular formula is C30H25Cl2FN8O. The Kier molecular flexibility index (Phi) is 7.91. The topological polar surface area (TPSA) is 124 Å². The minimum absolute atomic E-state index is 0.0481. The molecule has 212 valence electrons. The van der Waals surface area contributed by atoms with Gasteiger partial charge in [0.05, 0.1) is 51.9 Å². The molecule has 42 heavy (non-hydrogen) atoms. The number of anilines is 3. The van der Waals surface area contributed by atoms with Crippen LogP contribution in [0.3, 0.4) is 0 Å². The van der Waals surface area contributed by atoms with Crippen LogP contribution < -0.4 is 16.0 Å². The number of rotatable bonds is 7. The number of piperidine rings is 1. The van der Waals surface area contributed by atoms with E-state index in [0.29, 0.717) is 45.2 Å². The van der Waals surface area contributed by atoms with Crippen molar-refractivity contribution in [1.82, 2.24) is 25.3 Å². The van der Waals surface area contributed by atoms with E-state index in [4.69, 9.17) is 23.2 Å². The van der Waals surface area contributed by atoms with E-state index in [9.17, 15) is 14.8 Å². The van der Waals surface area contributed by atoms with Crippen LogP contribution in [-0.2, 0) is 0 Å². The Morgan fingerprint density at radius 2 is 1.98 bits per heavy atom. The van der Waals surface area contributed by atoms with Gasteiger partial charge in [-0.25, -0.2) is 9.07 Å². The van der Waals surface area contributed by atoms with E-state index in [1.54, 1.807) is 16.8 Å². The SMILES string of the molecule is N#Cc1cnc2c(N[C@@H](c3ccccc3)c3cn([C@@H]4CCNC[C@H]4O)nn3)cc(Cl)cc2c1Nc1ccc(F)c(Cl)c1. The fourth-order valence-electron chi connectivity index (χ4n) is 5.17. The number of aromatic nitrogens is 4. The first-order valence-electron chi connectivity index (χ1n) is 13.3. The minimum atomic E-state index is -0.575. The molecule has 5 aromatic rings. The average Bonchev–Trinajstić information content (AvgIpc) is 3.48. The highest BCUT2D eigenvalue weighted by atomic mass is 35.5. The van der Waals surface area contributed by atoms with Gasteiger partial charge in [0.15, 0.2) is 0 Å². The second-order valence-corrected chi connectivity index (χ2v) is 10.8. The maximum Gasteiger partial charge on any atom is 0.141 e. The Balaban J connectivity index is 1.42. The molecule has 12 heteroatoms. The Morgan fingerprint density at radius 3 is 2.74 bits per heavy atom. The molecule has 2 aromatic heterocycles. The molecular weight excluding hydrogens is 578 g/mol. The van der Waals surface area contributed by atoms with E-state index in [1.807, 2.05) is 36.5 Å². The van der Waals surface area contributed by atoms with Crippen LogP contribution in [0.25, 0.3) is 10.9 Å². The number of nitrogens with one attached hydrogen (secondary N) is 3. The summed E-state index contributed by atoms with van der Waals surface area (Å²) < 4.78 is 15.5. The molecule has 0 aliphatic carbocycles. The number of hydrogen-bond donors (Lipinski definition) is 4. The molecule has 6 rings (SSSR count). The number of β-amino-alcohol motifs (C(OH)–C–C–N with tert-alkyl or cyclic N) is 1. The number of fused-ring (bicyclic) bond motifs is 1. The Hall–Kier alpha value is -4.27. The number of aliphatic hydroxyl groups excluding tert-OH is 1. The van der Waals surface area contributed by atoms with Crippen molar-refractivity contribution in [2.24, 2.45) is 0 Å². The van der Waals surface area contributed by atoms with E-state index in [0.717, 1.165) is 18.5 Å². The van der Waals surface area contributed by atoms with Crippen molar-refractivity contribution in [3.63, 3.8) is 0 Å².